The van der Waals surface area contributed by atoms with Gasteiger partial charge in [-0.2, -0.15) is 0 Å². The molecule has 0 unspecified atom stereocenters. The highest BCUT2D eigenvalue weighted by molar-refractivity contribution is 5.26. The highest BCUT2D eigenvalue weighted by Gasteiger charge is 2.63. The van der Waals surface area contributed by atoms with Crippen LogP contribution in [0.4, 0.5) is 0 Å². The van der Waals surface area contributed by atoms with Crippen LogP contribution in [-0.4, -0.2) is 35.7 Å². The molecule has 5 rings (SSSR count). The molecule has 1 spiro atoms. The maximum absolute atomic E-state index is 10.1. The van der Waals surface area contributed by atoms with Crippen LogP contribution in [0.1, 0.15) is 65.2 Å². The molecule has 0 aromatic rings. The molecule has 8 atom stereocenters. The highest BCUT2D eigenvalue weighted by atomic mass is 16.3. The third-order valence-corrected chi connectivity index (χ3v) is 9.68. The number of rotatable bonds is 0. The molecule has 0 aromatic carbocycles. The Bertz CT molecular complexity index is 570. The number of nitrogens with zero attached hydrogens (tertiary/aromatic N) is 1. The van der Waals surface area contributed by atoms with Gasteiger partial charge in [0, 0.05) is 12.6 Å². The standard InChI is InChI=1S/C22H35NO/c1-14-18-6-7-20-17-5-4-15-12-16(24)8-10-21(15,2)19(17)9-11-22(18,20)13-23(14)3/h4,14,16-20,24H,5-13H2,1-3H3/t14-,16-,17-,18-,19+,20+,21+,22+/m1/s1. The Hall–Kier alpha value is -0.340. The molecule has 2 nitrogen and oxygen atoms in total. The van der Waals surface area contributed by atoms with E-state index in [1.165, 1.54) is 45.1 Å². The van der Waals surface area contributed by atoms with Crippen molar-refractivity contribution in [3.63, 3.8) is 0 Å². The van der Waals surface area contributed by atoms with E-state index < -0.39 is 0 Å². The normalized spacial score (nSPS) is 56.9. The van der Waals surface area contributed by atoms with Gasteiger partial charge >= 0.3 is 0 Å². The molecule has 0 aromatic heterocycles. The Morgan fingerprint density at radius 3 is 2.71 bits per heavy atom. The van der Waals surface area contributed by atoms with E-state index >= 15 is 0 Å². The van der Waals surface area contributed by atoms with Crippen molar-refractivity contribution in [3.8, 4) is 0 Å². The average Bonchev–Trinajstić information content (AvgIpc) is 3.03. The quantitative estimate of drug-likeness (QED) is 0.672. The summed E-state index contributed by atoms with van der Waals surface area (Å²) in [5.74, 6) is 3.74. The summed E-state index contributed by atoms with van der Waals surface area (Å²) < 4.78 is 0. The van der Waals surface area contributed by atoms with Crippen LogP contribution in [0.2, 0.25) is 0 Å². The number of aliphatic hydroxyl groups is 1. The van der Waals surface area contributed by atoms with E-state index in [0.717, 1.165) is 42.6 Å². The lowest BCUT2D eigenvalue weighted by molar-refractivity contribution is -0.0477. The van der Waals surface area contributed by atoms with E-state index in [9.17, 15) is 5.11 Å². The third-order valence-electron chi connectivity index (χ3n) is 9.68. The van der Waals surface area contributed by atoms with Crippen LogP contribution in [0.25, 0.3) is 0 Å². The van der Waals surface area contributed by atoms with Gasteiger partial charge in [-0.05, 0) is 99.8 Å². The van der Waals surface area contributed by atoms with E-state index in [2.05, 4.69) is 31.9 Å². The van der Waals surface area contributed by atoms with E-state index in [0.29, 0.717) is 10.8 Å². The van der Waals surface area contributed by atoms with Crippen molar-refractivity contribution in [2.24, 2.45) is 34.5 Å². The van der Waals surface area contributed by atoms with Gasteiger partial charge in [0.2, 0.25) is 0 Å². The Balaban J connectivity index is 1.49. The molecule has 4 aliphatic carbocycles. The van der Waals surface area contributed by atoms with Gasteiger partial charge in [-0.3, -0.25) is 0 Å². The molecule has 4 fully saturated rings. The maximum Gasteiger partial charge on any atom is 0.0577 e. The van der Waals surface area contributed by atoms with Crippen molar-refractivity contribution >= 4 is 0 Å². The lowest BCUT2D eigenvalue weighted by Crippen LogP contribution is -2.51. The first-order chi connectivity index (χ1) is 11.5. The van der Waals surface area contributed by atoms with Crippen LogP contribution in [0.15, 0.2) is 11.6 Å². The summed E-state index contributed by atoms with van der Waals surface area (Å²) in [6.45, 7) is 6.39. The number of hydrogen-bond donors (Lipinski definition) is 1. The first-order valence-corrected chi connectivity index (χ1v) is 10.5. The fraction of sp³-hybridized carbons (Fsp3) is 0.909. The van der Waals surface area contributed by atoms with E-state index in [-0.39, 0.29) is 6.10 Å². The van der Waals surface area contributed by atoms with E-state index in [4.69, 9.17) is 0 Å². The number of hydrogen-bond acceptors (Lipinski definition) is 2. The van der Waals surface area contributed by atoms with Crippen molar-refractivity contribution in [3.05, 3.63) is 11.6 Å². The third kappa shape index (κ3) is 1.85. The summed E-state index contributed by atoms with van der Waals surface area (Å²) in [6.07, 6.45) is 12.9. The summed E-state index contributed by atoms with van der Waals surface area (Å²) in [4.78, 5) is 2.67. The molecule has 0 radical (unpaired) electrons. The maximum atomic E-state index is 10.1. The number of aliphatic hydroxyl groups excluding tert-OH is 1. The van der Waals surface area contributed by atoms with Crippen LogP contribution in [0, 0.1) is 34.5 Å². The lowest BCUT2D eigenvalue weighted by Gasteiger charge is -2.58. The molecule has 1 heterocycles. The van der Waals surface area contributed by atoms with Gasteiger partial charge in [-0.1, -0.05) is 18.6 Å². The molecule has 2 heteroatoms. The summed E-state index contributed by atoms with van der Waals surface area (Å²) in [5.41, 5.74) is 2.66. The Labute approximate surface area is 147 Å². The summed E-state index contributed by atoms with van der Waals surface area (Å²) in [6, 6.07) is 0.793. The largest absolute Gasteiger partial charge is 0.393 e. The van der Waals surface area contributed by atoms with Crippen molar-refractivity contribution in [1.82, 2.24) is 4.90 Å². The Morgan fingerprint density at radius 2 is 1.88 bits per heavy atom. The fourth-order valence-electron chi connectivity index (χ4n) is 8.44. The van der Waals surface area contributed by atoms with Gasteiger partial charge < -0.3 is 10.0 Å². The van der Waals surface area contributed by atoms with Crippen molar-refractivity contribution in [2.45, 2.75) is 77.4 Å². The van der Waals surface area contributed by atoms with Gasteiger partial charge in [0.15, 0.2) is 0 Å². The van der Waals surface area contributed by atoms with Gasteiger partial charge in [-0.25, -0.2) is 0 Å². The first kappa shape index (κ1) is 15.9. The number of fused-ring (bicyclic) bond motifs is 4. The van der Waals surface area contributed by atoms with Crippen LogP contribution < -0.4 is 0 Å². The summed E-state index contributed by atoms with van der Waals surface area (Å²) >= 11 is 0. The molecule has 24 heavy (non-hydrogen) atoms. The molecular formula is C22H35NO. The fourth-order valence-corrected chi connectivity index (χ4v) is 8.44. The molecular weight excluding hydrogens is 294 g/mol. The second-order valence-electron chi connectivity index (χ2n) is 10.3. The van der Waals surface area contributed by atoms with E-state index in [1.54, 1.807) is 5.57 Å². The summed E-state index contributed by atoms with van der Waals surface area (Å²) in [5, 5.41) is 10.1. The van der Waals surface area contributed by atoms with Crippen molar-refractivity contribution < 1.29 is 5.11 Å². The molecule has 1 saturated heterocycles. The zero-order valence-electron chi connectivity index (χ0n) is 15.8. The zero-order valence-corrected chi connectivity index (χ0v) is 15.8. The van der Waals surface area contributed by atoms with Gasteiger partial charge in [0.05, 0.1) is 6.10 Å². The predicted octanol–water partition coefficient (Wildman–Crippen LogP) is 4.24. The van der Waals surface area contributed by atoms with Crippen LogP contribution >= 0.6 is 0 Å². The minimum absolute atomic E-state index is 0.0731. The minimum Gasteiger partial charge on any atom is -0.393 e. The first-order valence-electron chi connectivity index (χ1n) is 10.5. The zero-order chi connectivity index (χ0) is 16.7. The second-order valence-corrected chi connectivity index (χ2v) is 10.3. The molecule has 3 saturated carbocycles. The van der Waals surface area contributed by atoms with Crippen LogP contribution in [0.3, 0.4) is 0 Å². The molecule has 134 valence electrons. The molecule has 5 aliphatic rings. The highest BCUT2D eigenvalue weighted by Crippen LogP contribution is 2.68. The van der Waals surface area contributed by atoms with Crippen LogP contribution in [-0.2, 0) is 0 Å². The average molecular weight is 330 g/mol. The SMILES string of the molecule is C[C@@H]1[C@H]2CC[C@H]3[C@@H]4CC=C5C[C@H](O)CC[C@]5(C)[C@H]4CC[C@]23CN1C. The number of likely N-dealkylation sites (tertiary alicyclic amines) is 1. The van der Waals surface area contributed by atoms with Crippen molar-refractivity contribution in [2.75, 3.05) is 13.6 Å². The van der Waals surface area contributed by atoms with E-state index in [1.807, 2.05) is 0 Å². The lowest BCUT2D eigenvalue weighted by atomic mass is 9.47. The number of allylic oxidation sites excluding steroid dienone is 1. The minimum atomic E-state index is -0.0731. The summed E-state index contributed by atoms with van der Waals surface area (Å²) in [7, 11) is 2.36. The monoisotopic (exact) mass is 329 g/mol. The molecule has 0 amide bonds. The van der Waals surface area contributed by atoms with Gasteiger partial charge in [0.25, 0.3) is 0 Å². The molecule has 1 N–H and O–H groups in total. The molecule has 1 aliphatic heterocycles. The van der Waals surface area contributed by atoms with Gasteiger partial charge in [-0.15, -0.1) is 0 Å². The second kappa shape index (κ2) is 5.10. The smallest absolute Gasteiger partial charge is 0.0577 e. The van der Waals surface area contributed by atoms with Crippen molar-refractivity contribution in [1.29, 1.82) is 0 Å². The van der Waals surface area contributed by atoms with Crippen LogP contribution in [0.5, 0.6) is 0 Å². The predicted molar refractivity (Wildman–Crippen MR) is 97.6 cm³/mol. The Morgan fingerprint density at radius 1 is 1.08 bits per heavy atom. The molecule has 0 bridgehead atoms. The Kier molecular flexibility index (Phi) is 3.37. The topological polar surface area (TPSA) is 23.5 Å². The van der Waals surface area contributed by atoms with Gasteiger partial charge in [0.1, 0.15) is 0 Å².